The molecule has 0 unspecified atom stereocenters. The molecule has 0 spiro atoms. The summed E-state index contributed by atoms with van der Waals surface area (Å²) < 4.78 is 0. The van der Waals surface area contributed by atoms with Gasteiger partial charge in [0.2, 0.25) is 5.91 Å². The van der Waals surface area contributed by atoms with E-state index in [1.54, 1.807) is 17.6 Å². The number of rotatable bonds is 4. The van der Waals surface area contributed by atoms with E-state index in [1.165, 1.54) is 28.5 Å². The van der Waals surface area contributed by atoms with Gasteiger partial charge in [-0.3, -0.25) is 4.79 Å². The number of carbonyl (C=O) groups excluding carboxylic acids is 1. The van der Waals surface area contributed by atoms with Crippen LogP contribution in [0.1, 0.15) is 21.6 Å². The van der Waals surface area contributed by atoms with E-state index in [1.807, 2.05) is 17.5 Å². The van der Waals surface area contributed by atoms with Crippen LogP contribution in [0, 0.1) is 13.8 Å². The normalized spacial score (nSPS) is 19.7. The van der Waals surface area contributed by atoms with Crippen molar-refractivity contribution in [2.45, 2.75) is 25.5 Å². The second-order valence-corrected chi connectivity index (χ2v) is 7.55. The van der Waals surface area contributed by atoms with Crippen molar-refractivity contribution in [2.75, 3.05) is 0 Å². The molecule has 4 nitrogen and oxygen atoms in total. The molecule has 1 aliphatic heterocycles. The van der Waals surface area contributed by atoms with Crippen molar-refractivity contribution in [1.29, 1.82) is 0 Å². The quantitative estimate of drug-likeness (QED) is 0.682. The Balaban J connectivity index is 1.64. The van der Waals surface area contributed by atoms with Gasteiger partial charge >= 0.3 is 0 Å². The maximum atomic E-state index is 12.1. The average Bonchev–Trinajstić information content (AvgIpc) is 3.14. The molecule has 3 rings (SSSR count). The first kappa shape index (κ1) is 16.0. The molecular formula is C17H17N3OS2. The van der Waals surface area contributed by atoms with E-state index in [0.717, 1.165) is 4.88 Å². The molecule has 6 heteroatoms. The molecule has 1 aromatic heterocycles. The Morgan fingerprint density at radius 2 is 2.13 bits per heavy atom. The average molecular weight is 343 g/mol. The zero-order valence-electron chi connectivity index (χ0n) is 12.9. The number of nitrogens with zero attached hydrogens (tertiary/aromatic N) is 2. The van der Waals surface area contributed by atoms with E-state index in [2.05, 4.69) is 47.6 Å². The Morgan fingerprint density at radius 1 is 1.26 bits per heavy atom. The van der Waals surface area contributed by atoms with Crippen molar-refractivity contribution in [2.24, 2.45) is 10.2 Å². The standard InChI is InChI=1S/C17H17N3OS2/c1-11-5-6-13(8-12(11)2)9-15-16(21)19-17(23-15)20-18-10-14-4-3-7-22-14/h3-8,10,15H,9H2,1-2H3,(H,19,20,21)/b18-10-/t15-/m0/s1. The Hall–Kier alpha value is -1.92. The first-order chi connectivity index (χ1) is 11.1. The van der Waals surface area contributed by atoms with Crippen LogP contribution in [0.15, 0.2) is 45.9 Å². The van der Waals surface area contributed by atoms with E-state index >= 15 is 0 Å². The van der Waals surface area contributed by atoms with E-state index in [4.69, 9.17) is 0 Å². The molecule has 0 radical (unpaired) electrons. The Kier molecular flexibility index (Phi) is 4.93. The third-order valence-corrected chi connectivity index (χ3v) is 5.52. The number of amidine groups is 1. The summed E-state index contributed by atoms with van der Waals surface area (Å²) in [5, 5.41) is 13.3. The van der Waals surface area contributed by atoms with Crippen molar-refractivity contribution < 1.29 is 4.79 Å². The number of thiophene rings is 1. The predicted octanol–water partition coefficient (Wildman–Crippen LogP) is 3.53. The van der Waals surface area contributed by atoms with Gasteiger partial charge in [0.25, 0.3) is 0 Å². The summed E-state index contributed by atoms with van der Waals surface area (Å²) in [4.78, 5) is 13.1. The van der Waals surface area contributed by atoms with Crippen LogP contribution in [-0.4, -0.2) is 22.5 Å². The van der Waals surface area contributed by atoms with Crippen LogP contribution >= 0.6 is 23.1 Å². The molecular weight excluding hydrogens is 326 g/mol. The van der Waals surface area contributed by atoms with Crippen LogP contribution in [0.25, 0.3) is 0 Å². The van der Waals surface area contributed by atoms with Gasteiger partial charge in [0.15, 0.2) is 5.17 Å². The highest BCUT2D eigenvalue weighted by molar-refractivity contribution is 8.15. The van der Waals surface area contributed by atoms with Gasteiger partial charge in [-0.15, -0.1) is 16.4 Å². The minimum Gasteiger partial charge on any atom is -0.303 e. The highest BCUT2D eigenvalue weighted by atomic mass is 32.2. The van der Waals surface area contributed by atoms with E-state index in [0.29, 0.717) is 11.6 Å². The summed E-state index contributed by atoms with van der Waals surface area (Å²) in [6, 6.07) is 10.3. The number of benzene rings is 1. The summed E-state index contributed by atoms with van der Waals surface area (Å²) in [6.45, 7) is 4.18. The summed E-state index contributed by atoms with van der Waals surface area (Å²) in [7, 11) is 0. The fraction of sp³-hybridized carbons (Fsp3) is 0.235. The van der Waals surface area contributed by atoms with Crippen LogP contribution in [0.2, 0.25) is 0 Å². The van der Waals surface area contributed by atoms with Gasteiger partial charge in [0.05, 0.1) is 11.5 Å². The Morgan fingerprint density at radius 3 is 2.87 bits per heavy atom. The number of amides is 1. The number of carbonyl (C=O) groups is 1. The third-order valence-electron chi connectivity index (χ3n) is 3.65. The zero-order valence-corrected chi connectivity index (χ0v) is 14.6. The van der Waals surface area contributed by atoms with Gasteiger partial charge in [-0.2, -0.15) is 5.10 Å². The second kappa shape index (κ2) is 7.10. The monoisotopic (exact) mass is 343 g/mol. The minimum absolute atomic E-state index is 0.00157. The first-order valence-corrected chi connectivity index (χ1v) is 9.06. The highest BCUT2D eigenvalue weighted by Gasteiger charge is 2.30. The smallest absolute Gasteiger partial charge is 0.239 e. The lowest BCUT2D eigenvalue weighted by atomic mass is 10.0. The van der Waals surface area contributed by atoms with Crippen LogP contribution in [0.5, 0.6) is 0 Å². The fourth-order valence-electron chi connectivity index (χ4n) is 2.23. The van der Waals surface area contributed by atoms with E-state index in [-0.39, 0.29) is 11.2 Å². The molecule has 1 aromatic carbocycles. The van der Waals surface area contributed by atoms with Gasteiger partial charge in [-0.1, -0.05) is 36.0 Å². The van der Waals surface area contributed by atoms with Gasteiger partial charge in [0, 0.05) is 4.88 Å². The summed E-state index contributed by atoms with van der Waals surface area (Å²) in [5.41, 5.74) is 3.69. The summed E-state index contributed by atoms with van der Waals surface area (Å²) >= 11 is 3.04. The largest absolute Gasteiger partial charge is 0.303 e. The molecule has 1 saturated heterocycles. The van der Waals surface area contributed by atoms with E-state index < -0.39 is 0 Å². The topological polar surface area (TPSA) is 53.8 Å². The molecule has 2 aromatic rings. The summed E-state index contributed by atoms with van der Waals surface area (Å²) in [6.07, 6.45) is 2.40. The predicted molar refractivity (Wildman–Crippen MR) is 98.5 cm³/mol. The molecule has 118 valence electrons. The van der Waals surface area contributed by atoms with Crippen molar-refractivity contribution in [3.05, 3.63) is 57.3 Å². The maximum Gasteiger partial charge on any atom is 0.239 e. The highest BCUT2D eigenvalue weighted by Crippen LogP contribution is 2.24. The third kappa shape index (κ3) is 4.09. The van der Waals surface area contributed by atoms with Crippen molar-refractivity contribution >= 4 is 40.4 Å². The molecule has 0 saturated carbocycles. The van der Waals surface area contributed by atoms with E-state index in [9.17, 15) is 4.79 Å². The molecule has 1 aliphatic rings. The lowest BCUT2D eigenvalue weighted by molar-refractivity contribution is -0.118. The molecule has 1 atom stereocenters. The number of thioether (sulfide) groups is 1. The van der Waals surface area contributed by atoms with Gasteiger partial charge in [0.1, 0.15) is 0 Å². The Bertz CT molecular complexity index is 766. The molecule has 0 aliphatic carbocycles. The van der Waals surface area contributed by atoms with Crippen LogP contribution in [-0.2, 0) is 11.2 Å². The van der Waals surface area contributed by atoms with Crippen LogP contribution in [0.4, 0.5) is 0 Å². The maximum absolute atomic E-state index is 12.1. The lowest BCUT2D eigenvalue weighted by Crippen LogP contribution is -2.25. The van der Waals surface area contributed by atoms with Crippen molar-refractivity contribution in [3.8, 4) is 0 Å². The molecule has 2 heterocycles. The van der Waals surface area contributed by atoms with Gasteiger partial charge < -0.3 is 5.32 Å². The number of hydrogen-bond donors (Lipinski definition) is 1. The molecule has 1 N–H and O–H groups in total. The van der Waals surface area contributed by atoms with Crippen molar-refractivity contribution in [3.63, 3.8) is 0 Å². The van der Waals surface area contributed by atoms with Gasteiger partial charge in [-0.05, 0) is 48.4 Å². The zero-order chi connectivity index (χ0) is 16.2. The second-order valence-electron chi connectivity index (χ2n) is 5.38. The van der Waals surface area contributed by atoms with Gasteiger partial charge in [-0.25, -0.2) is 0 Å². The SMILES string of the molecule is Cc1ccc(C[C@@H]2S/C(=N/N=C\c3cccs3)NC2=O)cc1C. The number of aryl methyl sites for hydroxylation is 2. The molecule has 1 amide bonds. The molecule has 1 fully saturated rings. The van der Waals surface area contributed by atoms with Crippen LogP contribution in [0.3, 0.4) is 0 Å². The fourth-order valence-corrected chi connectivity index (χ4v) is 3.78. The van der Waals surface area contributed by atoms with Crippen molar-refractivity contribution in [1.82, 2.24) is 5.32 Å². The number of nitrogens with one attached hydrogen (secondary N) is 1. The first-order valence-electron chi connectivity index (χ1n) is 7.30. The molecule has 23 heavy (non-hydrogen) atoms. The van der Waals surface area contributed by atoms with Crippen LogP contribution < -0.4 is 5.32 Å². The molecule has 0 bridgehead atoms. The summed E-state index contributed by atoms with van der Waals surface area (Å²) in [5.74, 6) is -0.00157. The minimum atomic E-state index is -0.146. The number of hydrogen-bond acceptors (Lipinski definition) is 5. The lowest BCUT2D eigenvalue weighted by Gasteiger charge is -2.07. The Labute approximate surface area is 143 Å².